The molecule has 0 unspecified atom stereocenters. The number of carbonyl (C=O) groups is 1. The van der Waals surface area contributed by atoms with E-state index in [9.17, 15) is 9.90 Å². The van der Waals surface area contributed by atoms with Gasteiger partial charge in [-0.1, -0.05) is 6.92 Å². The molecule has 88 valence electrons. The molecule has 1 amide bonds. The van der Waals surface area contributed by atoms with Crippen LogP contribution in [0, 0.1) is 0 Å². The molecule has 2 rings (SSSR count). The van der Waals surface area contributed by atoms with Gasteiger partial charge in [0.25, 0.3) is 5.91 Å². The van der Waals surface area contributed by atoms with Gasteiger partial charge in [0.1, 0.15) is 0 Å². The fraction of sp³-hybridized carbons (Fsp3) is 0.167. The highest BCUT2D eigenvalue weighted by molar-refractivity contribution is 7.12. The van der Waals surface area contributed by atoms with E-state index in [1.807, 2.05) is 18.4 Å². The highest BCUT2D eigenvalue weighted by atomic mass is 32.1. The van der Waals surface area contributed by atoms with Gasteiger partial charge in [-0.2, -0.15) is 0 Å². The zero-order chi connectivity index (χ0) is 12.3. The molecule has 0 fully saturated rings. The van der Waals surface area contributed by atoms with Crippen molar-refractivity contribution in [3.63, 3.8) is 0 Å². The molecule has 2 N–H and O–H groups in total. The molecule has 0 aliphatic heterocycles. The maximum absolute atomic E-state index is 12.0. The number of hydrogen-bond acceptors (Lipinski definition) is 4. The number of aromatic hydroxyl groups is 1. The SMILES string of the molecule is CCc1ccsc1C(=O)Nc1ccncc1O. The Labute approximate surface area is 103 Å². The molecule has 0 atom stereocenters. The van der Waals surface area contributed by atoms with Crippen LogP contribution in [0.1, 0.15) is 22.2 Å². The van der Waals surface area contributed by atoms with Gasteiger partial charge in [-0.3, -0.25) is 9.78 Å². The lowest BCUT2D eigenvalue weighted by atomic mass is 10.2. The summed E-state index contributed by atoms with van der Waals surface area (Å²) in [5.41, 5.74) is 1.39. The van der Waals surface area contributed by atoms with Gasteiger partial charge in [-0.15, -0.1) is 11.3 Å². The Balaban J connectivity index is 2.20. The van der Waals surface area contributed by atoms with E-state index in [-0.39, 0.29) is 11.7 Å². The molecule has 0 saturated heterocycles. The minimum absolute atomic E-state index is 0.0320. The summed E-state index contributed by atoms with van der Waals surface area (Å²) in [6.07, 6.45) is 3.63. The molecule has 0 saturated carbocycles. The summed E-state index contributed by atoms with van der Waals surface area (Å²) in [5, 5.41) is 14.1. The maximum atomic E-state index is 12.0. The number of aryl methyl sites for hydroxylation is 1. The Morgan fingerprint density at radius 3 is 3.06 bits per heavy atom. The zero-order valence-electron chi connectivity index (χ0n) is 9.30. The van der Waals surface area contributed by atoms with Crippen molar-refractivity contribution in [1.29, 1.82) is 0 Å². The second-order valence-corrected chi connectivity index (χ2v) is 4.39. The first-order chi connectivity index (χ1) is 8.22. The Kier molecular flexibility index (Phi) is 3.39. The summed E-state index contributed by atoms with van der Waals surface area (Å²) in [7, 11) is 0. The van der Waals surface area contributed by atoms with E-state index in [1.165, 1.54) is 23.7 Å². The Bertz CT molecular complexity index is 537. The Morgan fingerprint density at radius 1 is 1.53 bits per heavy atom. The van der Waals surface area contributed by atoms with Crippen molar-refractivity contribution in [3.8, 4) is 5.75 Å². The quantitative estimate of drug-likeness (QED) is 0.877. The first-order valence-electron chi connectivity index (χ1n) is 5.23. The molecular weight excluding hydrogens is 236 g/mol. The molecule has 0 radical (unpaired) electrons. The van der Waals surface area contributed by atoms with Crippen molar-refractivity contribution >= 4 is 22.9 Å². The van der Waals surface area contributed by atoms with Crippen LogP contribution in [0.3, 0.4) is 0 Å². The molecule has 4 nitrogen and oxygen atoms in total. The average Bonchev–Trinajstić information content (AvgIpc) is 2.80. The maximum Gasteiger partial charge on any atom is 0.266 e. The second-order valence-electron chi connectivity index (χ2n) is 3.48. The summed E-state index contributed by atoms with van der Waals surface area (Å²) in [4.78, 5) is 16.4. The molecule has 0 aliphatic carbocycles. The molecule has 5 heteroatoms. The number of anilines is 1. The van der Waals surface area contributed by atoms with Crippen LogP contribution in [0.5, 0.6) is 5.75 Å². The van der Waals surface area contributed by atoms with E-state index < -0.39 is 0 Å². The van der Waals surface area contributed by atoms with Crippen LogP contribution in [0.2, 0.25) is 0 Å². The van der Waals surface area contributed by atoms with E-state index in [0.717, 1.165) is 12.0 Å². The fourth-order valence-corrected chi connectivity index (χ4v) is 2.37. The minimum Gasteiger partial charge on any atom is -0.504 e. The number of amides is 1. The second kappa shape index (κ2) is 4.97. The lowest BCUT2D eigenvalue weighted by Gasteiger charge is -2.06. The Morgan fingerprint density at radius 2 is 2.35 bits per heavy atom. The molecule has 0 aromatic carbocycles. The summed E-state index contributed by atoms with van der Waals surface area (Å²) in [6, 6.07) is 3.50. The molecular formula is C12H12N2O2S. The molecule has 0 aliphatic rings. The van der Waals surface area contributed by atoms with Gasteiger partial charge in [0, 0.05) is 6.20 Å². The van der Waals surface area contributed by atoms with Crippen LogP contribution < -0.4 is 5.32 Å². The minimum atomic E-state index is -0.196. The number of hydrogen-bond donors (Lipinski definition) is 2. The highest BCUT2D eigenvalue weighted by Gasteiger charge is 2.13. The lowest BCUT2D eigenvalue weighted by molar-refractivity contribution is 0.102. The van der Waals surface area contributed by atoms with E-state index >= 15 is 0 Å². The van der Waals surface area contributed by atoms with Crippen molar-refractivity contribution < 1.29 is 9.90 Å². The molecule has 17 heavy (non-hydrogen) atoms. The number of thiophene rings is 1. The van der Waals surface area contributed by atoms with Gasteiger partial charge >= 0.3 is 0 Å². The van der Waals surface area contributed by atoms with Crippen molar-refractivity contribution in [1.82, 2.24) is 4.98 Å². The standard InChI is InChI=1S/C12H12N2O2S/c1-2-8-4-6-17-11(8)12(16)14-9-3-5-13-7-10(9)15/h3-7,15H,2H2,1H3,(H,13,14,16). The number of rotatable bonds is 3. The van der Waals surface area contributed by atoms with E-state index in [4.69, 9.17) is 0 Å². The summed E-state index contributed by atoms with van der Waals surface area (Å²) >= 11 is 1.40. The molecule has 0 spiro atoms. The van der Waals surface area contributed by atoms with E-state index in [2.05, 4.69) is 10.3 Å². The van der Waals surface area contributed by atoms with Crippen molar-refractivity contribution in [2.75, 3.05) is 5.32 Å². The normalized spacial score (nSPS) is 10.2. The van der Waals surface area contributed by atoms with E-state index in [0.29, 0.717) is 10.6 Å². The number of carbonyl (C=O) groups excluding carboxylic acids is 1. The van der Waals surface area contributed by atoms with Gasteiger partial charge < -0.3 is 10.4 Å². The number of nitrogens with one attached hydrogen (secondary N) is 1. The fourth-order valence-electron chi connectivity index (χ4n) is 1.48. The predicted molar refractivity (Wildman–Crippen MR) is 67.6 cm³/mol. The van der Waals surface area contributed by atoms with Gasteiger partial charge in [0.2, 0.25) is 0 Å². The van der Waals surface area contributed by atoms with Crippen molar-refractivity contribution in [2.24, 2.45) is 0 Å². The van der Waals surface area contributed by atoms with Crippen LogP contribution in [0.4, 0.5) is 5.69 Å². The largest absolute Gasteiger partial charge is 0.504 e. The molecule has 2 heterocycles. The molecule has 0 bridgehead atoms. The predicted octanol–water partition coefficient (Wildman–Crippen LogP) is 2.66. The lowest BCUT2D eigenvalue weighted by Crippen LogP contribution is -2.12. The van der Waals surface area contributed by atoms with Crippen molar-refractivity contribution in [3.05, 3.63) is 40.3 Å². The van der Waals surface area contributed by atoms with Crippen molar-refractivity contribution in [2.45, 2.75) is 13.3 Å². The van der Waals surface area contributed by atoms with E-state index in [1.54, 1.807) is 6.07 Å². The number of nitrogens with zero attached hydrogens (tertiary/aromatic N) is 1. The van der Waals surface area contributed by atoms with Gasteiger partial charge in [0.05, 0.1) is 16.8 Å². The smallest absolute Gasteiger partial charge is 0.266 e. The zero-order valence-corrected chi connectivity index (χ0v) is 10.1. The highest BCUT2D eigenvalue weighted by Crippen LogP contribution is 2.23. The first kappa shape index (κ1) is 11.6. The van der Waals surface area contributed by atoms with Gasteiger partial charge in [-0.25, -0.2) is 0 Å². The monoisotopic (exact) mass is 248 g/mol. The topological polar surface area (TPSA) is 62.2 Å². The third kappa shape index (κ3) is 2.45. The number of aromatic nitrogens is 1. The van der Waals surface area contributed by atoms with Gasteiger partial charge in [0.15, 0.2) is 5.75 Å². The van der Waals surface area contributed by atoms with Crippen LogP contribution in [0.15, 0.2) is 29.9 Å². The summed E-state index contributed by atoms with van der Waals surface area (Å²) < 4.78 is 0. The number of pyridine rings is 1. The third-order valence-corrected chi connectivity index (χ3v) is 3.34. The first-order valence-corrected chi connectivity index (χ1v) is 6.11. The summed E-state index contributed by atoms with van der Waals surface area (Å²) in [6.45, 7) is 2.00. The van der Waals surface area contributed by atoms with Crippen LogP contribution in [0.25, 0.3) is 0 Å². The van der Waals surface area contributed by atoms with Crippen LogP contribution in [-0.2, 0) is 6.42 Å². The Hall–Kier alpha value is -1.88. The van der Waals surface area contributed by atoms with Crippen LogP contribution >= 0.6 is 11.3 Å². The molecule has 2 aromatic rings. The summed E-state index contributed by atoms with van der Waals surface area (Å²) in [5.74, 6) is -0.228. The van der Waals surface area contributed by atoms with Crippen LogP contribution in [-0.4, -0.2) is 16.0 Å². The third-order valence-electron chi connectivity index (χ3n) is 2.38. The molecule has 2 aromatic heterocycles. The average molecular weight is 248 g/mol. The van der Waals surface area contributed by atoms with Gasteiger partial charge in [-0.05, 0) is 29.5 Å².